The smallest absolute Gasteiger partial charge is 0.337 e. The van der Waals surface area contributed by atoms with E-state index in [-0.39, 0.29) is 5.97 Å². The maximum Gasteiger partial charge on any atom is 0.337 e. The highest BCUT2D eigenvalue weighted by Crippen LogP contribution is 2.22. The molecule has 2 aromatic carbocycles. The Labute approximate surface area is 150 Å². The average molecular weight is 351 g/mol. The van der Waals surface area contributed by atoms with Gasteiger partial charge >= 0.3 is 5.97 Å². The molecule has 25 heavy (non-hydrogen) atoms. The first-order valence-corrected chi connectivity index (χ1v) is 8.54. The minimum Gasteiger partial charge on any atom is -0.465 e. The lowest BCUT2D eigenvalue weighted by Crippen LogP contribution is -2.00. The van der Waals surface area contributed by atoms with E-state index < -0.39 is 0 Å². The fourth-order valence-corrected chi connectivity index (χ4v) is 2.95. The van der Waals surface area contributed by atoms with Gasteiger partial charge in [0.1, 0.15) is 0 Å². The van der Waals surface area contributed by atoms with Gasteiger partial charge < -0.3 is 4.74 Å². The van der Waals surface area contributed by atoms with Crippen LogP contribution in [0, 0.1) is 6.92 Å². The summed E-state index contributed by atoms with van der Waals surface area (Å²) < 4.78 is 4.77. The number of anilines is 1. The quantitative estimate of drug-likeness (QED) is 0.422. The number of nitrogens with one attached hydrogen (secondary N) is 1. The van der Waals surface area contributed by atoms with Crippen molar-refractivity contribution in [2.45, 2.75) is 6.92 Å². The highest BCUT2D eigenvalue weighted by atomic mass is 32.1. The molecule has 0 bridgehead atoms. The van der Waals surface area contributed by atoms with Crippen LogP contribution in [0.2, 0.25) is 0 Å². The topological polar surface area (TPSA) is 63.6 Å². The second-order valence-electron chi connectivity index (χ2n) is 5.36. The lowest BCUT2D eigenvalue weighted by Gasteiger charge is -2.05. The number of methoxy groups -OCH3 is 1. The number of carbonyl (C=O) groups excluding carboxylic acids is 1. The zero-order chi connectivity index (χ0) is 17.6. The molecule has 0 saturated carbocycles. The Morgan fingerprint density at radius 2 is 1.96 bits per heavy atom. The van der Waals surface area contributed by atoms with Crippen LogP contribution in [0.3, 0.4) is 0 Å². The van der Waals surface area contributed by atoms with Crippen molar-refractivity contribution in [2.24, 2.45) is 5.10 Å². The predicted molar refractivity (Wildman–Crippen MR) is 101 cm³/mol. The summed E-state index contributed by atoms with van der Waals surface area (Å²) in [5.74, 6) is -0.345. The van der Waals surface area contributed by atoms with E-state index in [1.807, 2.05) is 54.8 Å². The van der Waals surface area contributed by atoms with E-state index in [0.717, 1.165) is 27.5 Å². The molecule has 1 aromatic heterocycles. The molecule has 5 nitrogen and oxygen atoms in total. The van der Waals surface area contributed by atoms with Crippen LogP contribution in [-0.2, 0) is 4.74 Å². The second kappa shape index (κ2) is 7.72. The molecule has 6 heteroatoms. The van der Waals surface area contributed by atoms with E-state index in [1.165, 1.54) is 18.4 Å². The number of aryl methyl sites for hydroxylation is 1. The van der Waals surface area contributed by atoms with E-state index in [9.17, 15) is 4.79 Å². The third kappa shape index (κ3) is 4.30. The minimum absolute atomic E-state index is 0.345. The summed E-state index contributed by atoms with van der Waals surface area (Å²) >= 11 is 1.51. The number of hydrogen-bond acceptors (Lipinski definition) is 6. The van der Waals surface area contributed by atoms with Crippen molar-refractivity contribution >= 4 is 28.7 Å². The fraction of sp³-hybridized carbons (Fsp3) is 0.105. The van der Waals surface area contributed by atoms with Gasteiger partial charge in [0.05, 0.1) is 24.6 Å². The van der Waals surface area contributed by atoms with Crippen LogP contribution in [0.4, 0.5) is 5.13 Å². The van der Waals surface area contributed by atoms with Gasteiger partial charge in [-0.25, -0.2) is 9.78 Å². The molecule has 0 atom stereocenters. The number of rotatable bonds is 5. The van der Waals surface area contributed by atoms with Crippen molar-refractivity contribution in [3.05, 3.63) is 70.7 Å². The number of nitrogens with zero attached hydrogens (tertiary/aromatic N) is 2. The monoisotopic (exact) mass is 351 g/mol. The highest BCUT2D eigenvalue weighted by Gasteiger charge is 2.07. The molecule has 0 saturated heterocycles. The first kappa shape index (κ1) is 16.9. The van der Waals surface area contributed by atoms with Gasteiger partial charge in [0.25, 0.3) is 0 Å². The maximum absolute atomic E-state index is 11.7. The van der Waals surface area contributed by atoms with Crippen molar-refractivity contribution < 1.29 is 9.53 Å². The molecule has 126 valence electrons. The number of aromatic nitrogens is 1. The largest absolute Gasteiger partial charge is 0.465 e. The first-order chi connectivity index (χ1) is 12.2. The molecule has 0 aliphatic rings. The van der Waals surface area contributed by atoms with Crippen LogP contribution in [-0.4, -0.2) is 24.3 Å². The number of hydrogen-bond donors (Lipinski definition) is 1. The molecule has 3 rings (SSSR count). The van der Waals surface area contributed by atoms with Crippen molar-refractivity contribution in [3.63, 3.8) is 0 Å². The molecule has 1 N–H and O–H groups in total. The van der Waals surface area contributed by atoms with E-state index >= 15 is 0 Å². The lowest BCUT2D eigenvalue weighted by molar-refractivity contribution is 0.0601. The van der Waals surface area contributed by atoms with Crippen molar-refractivity contribution in [1.29, 1.82) is 0 Å². The number of esters is 1. The van der Waals surface area contributed by atoms with Crippen LogP contribution < -0.4 is 5.43 Å². The van der Waals surface area contributed by atoms with Crippen LogP contribution in [0.25, 0.3) is 11.1 Å². The number of ether oxygens (including phenoxy) is 1. The molecule has 0 spiro atoms. The molecule has 0 aliphatic heterocycles. The van der Waals surface area contributed by atoms with Gasteiger partial charge in [0.15, 0.2) is 0 Å². The number of hydrazone groups is 1. The minimum atomic E-state index is -0.345. The van der Waals surface area contributed by atoms with E-state index in [2.05, 4.69) is 15.5 Å². The highest BCUT2D eigenvalue weighted by molar-refractivity contribution is 7.13. The summed E-state index contributed by atoms with van der Waals surface area (Å²) in [7, 11) is 1.38. The Balaban J connectivity index is 1.78. The summed E-state index contributed by atoms with van der Waals surface area (Å²) in [6.07, 6.45) is 1.74. The van der Waals surface area contributed by atoms with E-state index in [4.69, 9.17) is 4.74 Å². The van der Waals surface area contributed by atoms with Crippen molar-refractivity contribution in [3.8, 4) is 11.1 Å². The van der Waals surface area contributed by atoms with Gasteiger partial charge in [-0.2, -0.15) is 5.10 Å². The maximum atomic E-state index is 11.7. The summed E-state index contributed by atoms with van der Waals surface area (Å²) in [6, 6.07) is 15.3. The third-order valence-electron chi connectivity index (χ3n) is 3.50. The van der Waals surface area contributed by atoms with Crippen LogP contribution in [0.5, 0.6) is 0 Å². The molecule has 0 fully saturated rings. The number of carbonyl (C=O) groups is 1. The SMILES string of the molecule is COC(=O)c1cccc(-c2cccc(C=NNc3nc(C)cs3)c2)c1. The van der Waals surface area contributed by atoms with Crippen molar-refractivity contribution in [1.82, 2.24) is 4.98 Å². The predicted octanol–water partition coefficient (Wildman–Crippen LogP) is 4.35. The van der Waals surface area contributed by atoms with Gasteiger partial charge in [-0.1, -0.05) is 30.3 Å². The van der Waals surface area contributed by atoms with E-state index in [1.54, 1.807) is 12.3 Å². The molecule has 0 radical (unpaired) electrons. The first-order valence-electron chi connectivity index (χ1n) is 7.66. The van der Waals surface area contributed by atoms with Gasteiger partial charge in [-0.3, -0.25) is 5.43 Å². The number of benzene rings is 2. The Morgan fingerprint density at radius 1 is 1.20 bits per heavy atom. The Bertz CT molecular complexity index is 918. The Hall–Kier alpha value is -2.99. The average Bonchev–Trinajstić information content (AvgIpc) is 3.06. The van der Waals surface area contributed by atoms with Gasteiger partial charge in [-0.05, 0) is 41.8 Å². The standard InChI is InChI=1S/C19H17N3O2S/c1-13-12-25-19(21-13)22-20-11-14-5-3-6-15(9-14)16-7-4-8-17(10-16)18(23)24-2/h3-12H,1-2H3,(H,21,22). The normalized spacial score (nSPS) is 10.8. The molecule has 0 aliphatic carbocycles. The zero-order valence-corrected chi connectivity index (χ0v) is 14.7. The second-order valence-corrected chi connectivity index (χ2v) is 6.22. The molecule has 0 unspecified atom stereocenters. The van der Waals surface area contributed by atoms with E-state index in [0.29, 0.717) is 5.56 Å². The Kier molecular flexibility index (Phi) is 5.20. The van der Waals surface area contributed by atoms with Gasteiger partial charge in [0, 0.05) is 5.38 Å². The van der Waals surface area contributed by atoms with Gasteiger partial charge in [0.2, 0.25) is 5.13 Å². The third-order valence-corrected chi connectivity index (χ3v) is 4.36. The van der Waals surface area contributed by atoms with Crippen molar-refractivity contribution in [2.75, 3.05) is 12.5 Å². The molecule has 3 aromatic rings. The lowest BCUT2D eigenvalue weighted by atomic mass is 10.0. The molecular formula is C19H17N3O2S. The van der Waals surface area contributed by atoms with Gasteiger partial charge in [-0.15, -0.1) is 11.3 Å². The summed E-state index contributed by atoms with van der Waals surface area (Å²) in [5.41, 5.74) is 7.31. The summed E-state index contributed by atoms with van der Waals surface area (Å²) in [6.45, 7) is 1.94. The van der Waals surface area contributed by atoms with Crippen LogP contribution >= 0.6 is 11.3 Å². The molecule has 0 amide bonds. The molecule has 1 heterocycles. The summed E-state index contributed by atoms with van der Waals surface area (Å²) in [4.78, 5) is 16.0. The summed E-state index contributed by atoms with van der Waals surface area (Å²) in [5, 5.41) is 6.94. The molecular weight excluding hydrogens is 334 g/mol. The zero-order valence-electron chi connectivity index (χ0n) is 13.9. The fourth-order valence-electron chi connectivity index (χ4n) is 2.31. The Morgan fingerprint density at radius 3 is 2.68 bits per heavy atom. The van der Waals surface area contributed by atoms with Crippen LogP contribution in [0.1, 0.15) is 21.6 Å². The number of thiazole rings is 1. The van der Waals surface area contributed by atoms with Crippen LogP contribution in [0.15, 0.2) is 59.0 Å².